The largest absolute Gasteiger partial charge is 0.330 e. The van der Waals surface area contributed by atoms with Gasteiger partial charge in [0.05, 0.1) is 5.25 Å². The van der Waals surface area contributed by atoms with Gasteiger partial charge in [0, 0.05) is 5.69 Å². The molecule has 0 saturated carbocycles. The number of para-hydroxylation sites is 1. The van der Waals surface area contributed by atoms with E-state index in [2.05, 4.69) is 20.8 Å². The maximum absolute atomic E-state index is 13.6. The first kappa shape index (κ1) is 19.2. The van der Waals surface area contributed by atoms with Crippen LogP contribution in [0.4, 0.5) is 25.3 Å². The zero-order valence-corrected chi connectivity index (χ0v) is 16.1. The first-order valence-corrected chi connectivity index (χ1v) is 9.70. The average molecular weight is 406 g/mol. The molecule has 5 nitrogen and oxygen atoms in total. The van der Waals surface area contributed by atoms with Crippen LogP contribution in [0.3, 0.4) is 0 Å². The molecule has 0 aliphatic heterocycles. The van der Waals surface area contributed by atoms with Crippen molar-refractivity contribution in [3.63, 3.8) is 0 Å². The Kier molecular flexibility index (Phi) is 6.02. The Bertz CT molecular complexity index is 944. The van der Waals surface area contributed by atoms with Crippen LogP contribution >= 0.6 is 23.1 Å². The summed E-state index contributed by atoms with van der Waals surface area (Å²) >= 11 is 2.46. The molecule has 3 aromatic rings. The molecule has 0 radical (unpaired) electrons. The molecular weight excluding hydrogens is 390 g/mol. The summed E-state index contributed by atoms with van der Waals surface area (Å²) in [6.45, 7) is 3.62. The first-order valence-electron chi connectivity index (χ1n) is 8.01. The average Bonchev–Trinajstić information content (AvgIpc) is 3.05. The summed E-state index contributed by atoms with van der Waals surface area (Å²) in [5.41, 5.74) is 1.56. The molecule has 1 atom stereocenters. The Labute approximate surface area is 163 Å². The van der Waals surface area contributed by atoms with E-state index in [1.807, 2.05) is 31.2 Å². The maximum Gasteiger partial charge on any atom is 0.237 e. The number of thioether (sulfide) groups is 1. The molecule has 3 rings (SSSR count). The van der Waals surface area contributed by atoms with Gasteiger partial charge >= 0.3 is 0 Å². The van der Waals surface area contributed by atoms with Gasteiger partial charge in [-0.3, -0.25) is 4.79 Å². The fourth-order valence-electron chi connectivity index (χ4n) is 2.20. The summed E-state index contributed by atoms with van der Waals surface area (Å²) in [7, 11) is 0. The number of hydrogen-bond donors (Lipinski definition) is 2. The summed E-state index contributed by atoms with van der Waals surface area (Å²) in [5, 5.41) is 13.5. The number of amides is 1. The molecule has 0 fully saturated rings. The lowest BCUT2D eigenvalue weighted by Gasteiger charge is -2.11. The summed E-state index contributed by atoms with van der Waals surface area (Å²) in [4.78, 5) is 12.2. The summed E-state index contributed by atoms with van der Waals surface area (Å²) in [6.07, 6.45) is 0. The quantitative estimate of drug-likeness (QED) is 0.565. The molecule has 2 N–H and O–H groups in total. The number of nitrogens with zero attached hydrogens (tertiary/aromatic N) is 2. The van der Waals surface area contributed by atoms with Crippen molar-refractivity contribution in [3.8, 4) is 0 Å². The summed E-state index contributed by atoms with van der Waals surface area (Å²) in [6, 6.07) is 11.2. The van der Waals surface area contributed by atoms with Gasteiger partial charge in [0.25, 0.3) is 0 Å². The molecule has 27 heavy (non-hydrogen) atoms. The van der Waals surface area contributed by atoms with Crippen molar-refractivity contribution in [3.05, 3.63) is 59.7 Å². The third-order valence-corrected chi connectivity index (χ3v) is 5.56. The third-order valence-electron chi connectivity index (χ3n) is 3.53. The number of benzene rings is 2. The molecule has 0 bridgehead atoms. The van der Waals surface area contributed by atoms with E-state index >= 15 is 0 Å². The SMILES string of the molecule is Cc1cccc(Nc2nnc(SC(C)C(=O)Nc3c(F)cccc3F)s2)c1. The van der Waals surface area contributed by atoms with Crippen LogP contribution in [0.1, 0.15) is 12.5 Å². The van der Waals surface area contributed by atoms with Crippen LogP contribution in [-0.2, 0) is 4.79 Å². The second-order valence-corrected chi connectivity index (χ2v) is 8.28. The predicted octanol–water partition coefficient (Wildman–Crippen LogP) is 4.99. The molecule has 9 heteroatoms. The number of anilines is 3. The minimum Gasteiger partial charge on any atom is -0.330 e. The number of hydrogen-bond acceptors (Lipinski definition) is 6. The van der Waals surface area contributed by atoms with E-state index in [1.165, 1.54) is 29.2 Å². The van der Waals surface area contributed by atoms with E-state index < -0.39 is 28.5 Å². The van der Waals surface area contributed by atoms with Crippen molar-refractivity contribution >= 4 is 45.5 Å². The van der Waals surface area contributed by atoms with Crippen LogP contribution in [0.2, 0.25) is 0 Å². The highest BCUT2D eigenvalue weighted by molar-refractivity contribution is 8.02. The number of aromatic nitrogens is 2. The number of halogens is 2. The van der Waals surface area contributed by atoms with E-state index in [0.717, 1.165) is 23.4 Å². The molecule has 0 aliphatic carbocycles. The standard InChI is InChI=1S/C18H16F2N4OS2/c1-10-5-3-6-12(9-10)21-17-23-24-18(27-17)26-11(2)16(25)22-15-13(19)7-4-8-14(15)20/h3-9,11H,1-2H3,(H,21,23)(H,22,25). The Morgan fingerprint density at radius 1 is 1.15 bits per heavy atom. The Morgan fingerprint density at radius 2 is 1.85 bits per heavy atom. The highest BCUT2D eigenvalue weighted by Crippen LogP contribution is 2.31. The zero-order valence-electron chi connectivity index (χ0n) is 14.5. The van der Waals surface area contributed by atoms with Crippen LogP contribution in [0, 0.1) is 18.6 Å². The monoisotopic (exact) mass is 406 g/mol. The molecular formula is C18H16F2N4OS2. The van der Waals surface area contributed by atoms with E-state index in [1.54, 1.807) is 6.92 Å². The molecule has 0 spiro atoms. The van der Waals surface area contributed by atoms with Gasteiger partial charge < -0.3 is 10.6 Å². The molecule has 1 unspecified atom stereocenters. The van der Waals surface area contributed by atoms with Crippen molar-refractivity contribution < 1.29 is 13.6 Å². The molecule has 2 aromatic carbocycles. The van der Waals surface area contributed by atoms with Crippen molar-refractivity contribution in [2.45, 2.75) is 23.4 Å². The lowest BCUT2D eigenvalue weighted by atomic mass is 10.2. The van der Waals surface area contributed by atoms with Crippen LogP contribution in [0.5, 0.6) is 0 Å². The van der Waals surface area contributed by atoms with Crippen molar-refractivity contribution in [2.24, 2.45) is 0 Å². The van der Waals surface area contributed by atoms with E-state index in [4.69, 9.17) is 0 Å². The lowest BCUT2D eigenvalue weighted by molar-refractivity contribution is -0.115. The Balaban J connectivity index is 1.62. The van der Waals surface area contributed by atoms with Crippen LogP contribution in [-0.4, -0.2) is 21.4 Å². The van der Waals surface area contributed by atoms with E-state index in [0.29, 0.717) is 9.47 Å². The van der Waals surface area contributed by atoms with Gasteiger partial charge in [-0.05, 0) is 43.7 Å². The van der Waals surface area contributed by atoms with Crippen molar-refractivity contribution in [2.75, 3.05) is 10.6 Å². The smallest absolute Gasteiger partial charge is 0.237 e. The first-order chi connectivity index (χ1) is 12.9. The molecule has 0 aliphatic rings. The van der Waals surface area contributed by atoms with Crippen LogP contribution < -0.4 is 10.6 Å². The second kappa shape index (κ2) is 8.45. The van der Waals surface area contributed by atoms with Gasteiger partial charge in [-0.2, -0.15) is 0 Å². The topological polar surface area (TPSA) is 66.9 Å². The van der Waals surface area contributed by atoms with Crippen molar-refractivity contribution in [1.82, 2.24) is 10.2 Å². The normalized spacial score (nSPS) is 11.9. The molecule has 1 amide bonds. The summed E-state index contributed by atoms with van der Waals surface area (Å²) < 4.78 is 27.9. The fourth-order valence-corrected chi connectivity index (χ4v) is 4.12. The van der Waals surface area contributed by atoms with Gasteiger partial charge in [-0.15, -0.1) is 10.2 Å². The second-order valence-electron chi connectivity index (χ2n) is 5.71. The van der Waals surface area contributed by atoms with Gasteiger partial charge in [-0.1, -0.05) is 41.3 Å². The van der Waals surface area contributed by atoms with Gasteiger partial charge in [0.1, 0.15) is 17.3 Å². The minimum atomic E-state index is -0.818. The van der Waals surface area contributed by atoms with E-state index in [9.17, 15) is 13.6 Å². The lowest BCUT2D eigenvalue weighted by Crippen LogP contribution is -2.23. The van der Waals surface area contributed by atoms with Gasteiger partial charge in [0.15, 0.2) is 4.34 Å². The van der Waals surface area contributed by atoms with Crippen molar-refractivity contribution in [1.29, 1.82) is 0 Å². The minimum absolute atomic E-state index is 0.450. The number of nitrogens with one attached hydrogen (secondary N) is 2. The zero-order chi connectivity index (χ0) is 19.4. The number of carbonyl (C=O) groups excluding carboxylic acids is 1. The predicted molar refractivity (Wildman–Crippen MR) is 105 cm³/mol. The molecule has 1 aromatic heterocycles. The highest BCUT2D eigenvalue weighted by Gasteiger charge is 2.20. The molecule has 140 valence electrons. The van der Waals surface area contributed by atoms with Gasteiger partial charge in [-0.25, -0.2) is 8.78 Å². The summed E-state index contributed by atoms with van der Waals surface area (Å²) in [5.74, 6) is -2.16. The number of carbonyl (C=O) groups is 1. The fraction of sp³-hybridized carbons (Fsp3) is 0.167. The molecule has 0 saturated heterocycles. The third kappa shape index (κ3) is 5.01. The Morgan fingerprint density at radius 3 is 2.56 bits per heavy atom. The van der Waals surface area contributed by atoms with E-state index in [-0.39, 0.29) is 0 Å². The maximum atomic E-state index is 13.6. The molecule has 1 heterocycles. The number of aryl methyl sites for hydroxylation is 1. The Hall–Kier alpha value is -2.52. The number of rotatable bonds is 6. The van der Waals surface area contributed by atoms with Crippen LogP contribution in [0.25, 0.3) is 0 Å². The van der Waals surface area contributed by atoms with Gasteiger partial charge in [0.2, 0.25) is 11.0 Å². The van der Waals surface area contributed by atoms with Crippen LogP contribution in [0.15, 0.2) is 46.8 Å². The highest BCUT2D eigenvalue weighted by atomic mass is 32.2.